The van der Waals surface area contributed by atoms with Crippen LogP contribution in [-0.2, 0) is 27.4 Å². The van der Waals surface area contributed by atoms with Crippen LogP contribution in [-0.4, -0.2) is 55.0 Å². The zero-order valence-electron chi connectivity index (χ0n) is 20.8. The SMILES string of the molecule is CC(C)(C)OC(=O)N1CCC(OCc2ccc(Cl)cc2)C1.Clc1ccc(COC2CCNC2)cc1. The van der Waals surface area contributed by atoms with E-state index in [0.29, 0.717) is 32.4 Å². The molecule has 2 unspecified atom stereocenters. The summed E-state index contributed by atoms with van der Waals surface area (Å²) in [5.41, 5.74) is 1.80. The largest absolute Gasteiger partial charge is 0.444 e. The van der Waals surface area contributed by atoms with E-state index in [4.69, 9.17) is 37.4 Å². The van der Waals surface area contributed by atoms with Crippen molar-refractivity contribution in [3.05, 3.63) is 69.7 Å². The molecular weight excluding hydrogens is 487 g/mol. The Morgan fingerprint density at radius 1 is 0.914 bits per heavy atom. The Morgan fingerprint density at radius 2 is 1.46 bits per heavy atom. The molecule has 2 heterocycles. The molecule has 0 aromatic heterocycles. The lowest BCUT2D eigenvalue weighted by Crippen LogP contribution is -2.36. The maximum Gasteiger partial charge on any atom is 0.410 e. The van der Waals surface area contributed by atoms with Crippen molar-refractivity contribution in [3.8, 4) is 0 Å². The Hall–Kier alpha value is -1.83. The number of nitrogens with zero attached hydrogens (tertiary/aromatic N) is 1. The quantitative estimate of drug-likeness (QED) is 0.497. The van der Waals surface area contributed by atoms with Crippen LogP contribution in [0.25, 0.3) is 0 Å². The molecule has 8 heteroatoms. The summed E-state index contributed by atoms with van der Waals surface area (Å²) in [5.74, 6) is 0. The summed E-state index contributed by atoms with van der Waals surface area (Å²) < 4.78 is 16.9. The summed E-state index contributed by atoms with van der Waals surface area (Å²) in [6.07, 6.45) is 2.14. The molecule has 0 saturated carbocycles. The number of hydrogen-bond acceptors (Lipinski definition) is 5. The highest BCUT2D eigenvalue weighted by molar-refractivity contribution is 6.30. The van der Waals surface area contributed by atoms with Crippen LogP contribution in [0, 0.1) is 0 Å². The second kappa shape index (κ2) is 13.5. The number of halogens is 2. The van der Waals surface area contributed by atoms with Gasteiger partial charge >= 0.3 is 6.09 Å². The number of rotatable bonds is 6. The molecule has 2 fully saturated rings. The third-order valence-corrected chi connectivity index (χ3v) is 6.11. The molecule has 192 valence electrons. The zero-order valence-corrected chi connectivity index (χ0v) is 22.3. The number of carbonyl (C=O) groups is 1. The predicted octanol–water partition coefficient (Wildman–Crippen LogP) is 6.08. The van der Waals surface area contributed by atoms with Gasteiger partial charge in [-0.2, -0.15) is 0 Å². The molecule has 0 aliphatic carbocycles. The summed E-state index contributed by atoms with van der Waals surface area (Å²) in [5, 5.41) is 4.76. The van der Waals surface area contributed by atoms with Crippen molar-refractivity contribution >= 4 is 29.3 Å². The number of carbonyl (C=O) groups excluding carboxylic acids is 1. The number of nitrogens with one attached hydrogen (secondary N) is 1. The van der Waals surface area contributed by atoms with Crippen LogP contribution in [0.3, 0.4) is 0 Å². The highest BCUT2D eigenvalue weighted by Crippen LogP contribution is 2.19. The number of benzene rings is 2. The van der Waals surface area contributed by atoms with Gasteiger partial charge in [0.2, 0.25) is 0 Å². The van der Waals surface area contributed by atoms with Gasteiger partial charge in [0.15, 0.2) is 0 Å². The van der Waals surface area contributed by atoms with E-state index in [1.807, 2.05) is 69.3 Å². The molecule has 6 nitrogen and oxygen atoms in total. The molecule has 35 heavy (non-hydrogen) atoms. The van der Waals surface area contributed by atoms with Crippen LogP contribution in [0.1, 0.15) is 44.7 Å². The van der Waals surface area contributed by atoms with Gasteiger partial charge in [-0.3, -0.25) is 0 Å². The maximum absolute atomic E-state index is 12.0. The Balaban J connectivity index is 0.000000211. The third kappa shape index (κ3) is 10.4. The van der Waals surface area contributed by atoms with E-state index in [9.17, 15) is 4.79 Å². The topological polar surface area (TPSA) is 60.0 Å². The average Bonchev–Trinajstić information content (AvgIpc) is 3.50. The van der Waals surface area contributed by atoms with Crippen LogP contribution < -0.4 is 5.32 Å². The van der Waals surface area contributed by atoms with Crippen LogP contribution >= 0.6 is 23.2 Å². The lowest BCUT2D eigenvalue weighted by Gasteiger charge is -2.24. The Kier molecular flexibility index (Phi) is 10.7. The normalized spacial score (nSPS) is 19.9. The maximum atomic E-state index is 12.0. The standard InChI is InChI=1S/C16H22ClNO3.C11H14ClNO/c1-16(2,3)21-15(19)18-9-8-14(10-18)20-11-12-4-6-13(17)7-5-12;12-10-3-1-9(2-4-10)8-14-11-5-6-13-7-11/h4-7,14H,8-11H2,1-3H3;1-4,11,13H,5-8H2. The number of likely N-dealkylation sites (tertiary alicyclic amines) is 1. The molecule has 0 bridgehead atoms. The first-order chi connectivity index (χ1) is 16.7. The monoisotopic (exact) mass is 522 g/mol. The highest BCUT2D eigenvalue weighted by atomic mass is 35.5. The van der Waals surface area contributed by atoms with Crippen LogP contribution in [0.15, 0.2) is 48.5 Å². The van der Waals surface area contributed by atoms with E-state index in [2.05, 4.69) is 5.32 Å². The van der Waals surface area contributed by atoms with Crippen molar-refractivity contribution in [2.75, 3.05) is 26.2 Å². The van der Waals surface area contributed by atoms with Crippen molar-refractivity contribution in [2.24, 2.45) is 0 Å². The van der Waals surface area contributed by atoms with E-state index in [1.165, 1.54) is 5.56 Å². The van der Waals surface area contributed by atoms with Gasteiger partial charge in [-0.25, -0.2) is 4.79 Å². The van der Waals surface area contributed by atoms with Gasteiger partial charge in [0, 0.05) is 23.1 Å². The van der Waals surface area contributed by atoms with Crippen molar-refractivity contribution in [3.63, 3.8) is 0 Å². The molecule has 0 radical (unpaired) electrons. The zero-order chi connectivity index (χ0) is 25.3. The van der Waals surface area contributed by atoms with E-state index in [1.54, 1.807) is 4.90 Å². The third-order valence-electron chi connectivity index (χ3n) is 5.61. The minimum Gasteiger partial charge on any atom is -0.444 e. The van der Waals surface area contributed by atoms with E-state index in [0.717, 1.165) is 41.5 Å². The first kappa shape index (κ1) is 27.8. The van der Waals surface area contributed by atoms with Gasteiger partial charge in [-0.1, -0.05) is 47.5 Å². The van der Waals surface area contributed by atoms with Gasteiger partial charge in [-0.15, -0.1) is 0 Å². The second-order valence-corrected chi connectivity index (χ2v) is 10.7. The minimum absolute atomic E-state index is 0.0631. The van der Waals surface area contributed by atoms with Gasteiger partial charge in [0.25, 0.3) is 0 Å². The Bertz CT molecular complexity index is 910. The van der Waals surface area contributed by atoms with E-state index in [-0.39, 0.29) is 12.2 Å². The molecular formula is C27H36Cl2N2O4. The fourth-order valence-electron chi connectivity index (χ4n) is 3.72. The molecule has 1 N–H and O–H groups in total. The fraction of sp³-hybridized carbons (Fsp3) is 0.519. The summed E-state index contributed by atoms with van der Waals surface area (Å²) in [6.45, 7) is 10.1. The van der Waals surface area contributed by atoms with Gasteiger partial charge in [0.05, 0.1) is 32.0 Å². The predicted molar refractivity (Wildman–Crippen MR) is 140 cm³/mol. The molecule has 2 atom stereocenters. The smallest absolute Gasteiger partial charge is 0.410 e. The number of ether oxygens (including phenoxy) is 3. The molecule has 4 rings (SSSR count). The van der Waals surface area contributed by atoms with Gasteiger partial charge in [0.1, 0.15) is 5.60 Å². The van der Waals surface area contributed by atoms with Crippen molar-refractivity contribution in [1.82, 2.24) is 10.2 Å². The minimum atomic E-state index is -0.459. The van der Waals surface area contributed by atoms with Gasteiger partial charge < -0.3 is 24.4 Å². The van der Waals surface area contributed by atoms with Crippen molar-refractivity contribution in [1.29, 1.82) is 0 Å². The highest BCUT2D eigenvalue weighted by Gasteiger charge is 2.30. The number of amides is 1. The number of hydrogen-bond donors (Lipinski definition) is 1. The molecule has 2 aromatic carbocycles. The van der Waals surface area contributed by atoms with Crippen LogP contribution in [0.2, 0.25) is 10.0 Å². The molecule has 1 amide bonds. The van der Waals surface area contributed by atoms with Gasteiger partial charge in [-0.05, 0) is 75.5 Å². The summed E-state index contributed by atoms with van der Waals surface area (Å²) in [7, 11) is 0. The molecule has 2 aliphatic rings. The lowest BCUT2D eigenvalue weighted by molar-refractivity contribution is 0.0184. The lowest BCUT2D eigenvalue weighted by atomic mass is 10.2. The summed E-state index contributed by atoms with van der Waals surface area (Å²) in [6, 6.07) is 15.4. The first-order valence-electron chi connectivity index (χ1n) is 12.1. The Labute approximate surface area is 218 Å². The summed E-state index contributed by atoms with van der Waals surface area (Å²) in [4.78, 5) is 13.7. The van der Waals surface area contributed by atoms with Crippen molar-refractivity contribution < 1.29 is 19.0 Å². The molecule has 2 saturated heterocycles. The van der Waals surface area contributed by atoms with E-state index >= 15 is 0 Å². The molecule has 0 spiro atoms. The average molecular weight is 524 g/mol. The fourth-order valence-corrected chi connectivity index (χ4v) is 3.97. The van der Waals surface area contributed by atoms with E-state index < -0.39 is 5.60 Å². The first-order valence-corrected chi connectivity index (χ1v) is 12.8. The summed E-state index contributed by atoms with van der Waals surface area (Å²) >= 11 is 11.6. The van der Waals surface area contributed by atoms with Crippen LogP contribution in [0.4, 0.5) is 4.79 Å². The molecule has 2 aliphatic heterocycles. The van der Waals surface area contributed by atoms with Crippen LogP contribution in [0.5, 0.6) is 0 Å². The second-order valence-electron chi connectivity index (χ2n) is 9.83. The van der Waals surface area contributed by atoms with Crippen molar-refractivity contribution in [2.45, 2.75) is 64.6 Å². The molecule has 2 aromatic rings. The Morgan fingerprint density at radius 3 is 1.94 bits per heavy atom.